The number of carbonyl (C=O) groups is 1. The average molecular weight is 441 g/mol. The van der Waals surface area contributed by atoms with E-state index in [9.17, 15) is 9.90 Å². The summed E-state index contributed by atoms with van der Waals surface area (Å²) in [7, 11) is 0. The maximum absolute atomic E-state index is 11.1. The van der Waals surface area contributed by atoms with Gasteiger partial charge in [-0.3, -0.25) is 4.79 Å². The van der Waals surface area contributed by atoms with Gasteiger partial charge in [0.25, 0.3) is 0 Å². The van der Waals surface area contributed by atoms with Gasteiger partial charge in [-0.15, -0.1) is 6.58 Å². The first-order valence-electron chi connectivity index (χ1n) is 11.2. The molecule has 1 fully saturated rings. The fraction of sp³-hybridized carbons (Fsp3) is 0.444. The fourth-order valence-corrected chi connectivity index (χ4v) is 3.05. The Morgan fingerprint density at radius 2 is 1.59 bits per heavy atom. The molecular weight excluding hydrogens is 404 g/mol. The Labute approximate surface area is 192 Å². The van der Waals surface area contributed by atoms with E-state index < -0.39 is 5.60 Å². The minimum Gasteiger partial charge on any atom is -0.390 e. The number of ketones is 1. The van der Waals surface area contributed by atoms with E-state index >= 15 is 0 Å². The van der Waals surface area contributed by atoms with Crippen molar-refractivity contribution in [2.45, 2.75) is 57.5 Å². The lowest BCUT2D eigenvalue weighted by Gasteiger charge is -2.22. The minimum absolute atomic E-state index is 0.179. The second-order valence-corrected chi connectivity index (χ2v) is 8.26. The summed E-state index contributed by atoms with van der Waals surface area (Å²) in [5.74, 6) is 0.179. The molecule has 1 aliphatic rings. The average Bonchev–Trinajstić information content (AvgIpc) is 3.60. The topological polar surface area (TPSA) is 68.3 Å². The van der Waals surface area contributed by atoms with E-state index in [1.54, 1.807) is 6.08 Å². The van der Waals surface area contributed by atoms with E-state index in [4.69, 9.17) is 14.2 Å². The van der Waals surface area contributed by atoms with E-state index in [2.05, 4.69) is 6.58 Å². The first-order chi connectivity index (χ1) is 15.5. The van der Waals surface area contributed by atoms with Crippen molar-refractivity contribution < 1.29 is 24.1 Å². The van der Waals surface area contributed by atoms with Crippen LogP contribution in [-0.2, 0) is 32.2 Å². The van der Waals surface area contributed by atoms with Crippen LogP contribution in [0, 0.1) is 0 Å². The number of carbonyl (C=O) groups excluding carboxylic acids is 1. The number of ether oxygens (including phenoxy) is 3. The van der Waals surface area contributed by atoms with Gasteiger partial charge in [-0.25, -0.2) is 0 Å². The van der Waals surface area contributed by atoms with Gasteiger partial charge >= 0.3 is 0 Å². The lowest BCUT2D eigenvalue weighted by molar-refractivity contribution is -0.119. The molecule has 32 heavy (non-hydrogen) atoms. The largest absolute Gasteiger partial charge is 0.390 e. The summed E-state index contributed by atoms with van der Waals surface area (Å²) in [5.41, 5.74) is 1.63. The van der Waals surface area contributed by atoms with Crippen molar-refractivity contribution in [1.82, 2.24) is 0 Å². The zero-order valence-electron chi connectivity index (χ0n) is 19.1. The highest BCUT2D eigenvalue weighted by atomic mass is 16.6. The second kappa shape index (κ2) is 14.7. The molecule has 5 nitrogen and oxygen atoms in total. The van der Waals surface area contributed by atoms with E-state index in [1.807, 2.05) is 67.6 Å². The Kier molecular flexibility index (Phi) is 11.9. The number of allylic oxidation sites excluding steroid dienone is 1. The highest BCUT2D eigenvalue weighted by Crippen LogP contribution is 2.25. The molecule has 1 aliphatic heterocycles. The van der Waals surface area contributed by atoms with Gasteiger partial charge in [0.05, 0.1) is 38.1 Å². The second-order valence-electron chi connectivity index (χ2n) is 8.26. The van der Waals surface area contributed by atoms with Crippen molar-refractivity contribution in [3.05, 3.63) is 84.4 Å². The highest BCUT2D eigenvalue weighted by Gasteiger charge is 2.32. The Morgan fingerprint density at radius 3 is 2.09 bits per heavy atom. The number of rotatable bonds is 14. The van der Waals surface area contributed by atoms with Crippen LogP contribution in [0.1, 0.15) is 43.7 Å². The molecule has 2 atom stereocenters. The summed E-state index contributed by atoms with van der Waals surface area (Å²) < 4.78 is 16.1. The molecule has 2 aromatic rings. The molecule has 1 saturated heterocycles. The van der Waals surface area contributed by atoms with E-state index in [0.717, 1.165) is 17.7 Å². The van der Waals surface area contributed by atoms with Crippen LogP contribution in [0.2, 0.25) is 0 Å². The maximum Gasteiger partial charge on any atom is 0.138 e. The van der Waals surface area contributed by atoms with Gasteiger partial charge in [-0.1, -0.05) is 66.7 Å². The lowest BCUT2D eigenvalue weighted by atomic mass is 9.97. The molecule has 0 aliphatic carbocycles. The van der Waals surface area contributed by atoms with Crippen molar-refractivity contribution >= 4 is 5.78 Å². The van der Waals surface area contributed by atoms with Crippen LogP contribution in [-0.4, -0.2) is 42.4 Å². The first-order valence-corrected chi connectivity index (χ1v) is 11.2. The smallest absolute Gasteiger partial charge is 0.138 e. The van der Waals surface area contributed by atoms with Crippen LogP contribution in [0.15, 0.2) is 73.3 Å². The summed E-state index contributed by atoms with van der Waals surface area (Å²) >= 11 is 0. The molecule has 1 heterocycles. The standard InChI is InChI=1S/C14H20O3.C13H16O2/c1-14(15,9-13-11-17-13)7-8-16-10-12-5-3-2-4-6-12;1-2-6-13(14)9-10-15-11-12-7-4-3-5-8-12/h2-6,13,15H,7-11H2,1H3;2-5,7-8H,1,6,9-11H2. The molecule has 174 valence electrons. The lowest BCUT2D eigenvalue weighted by Crippen LogP contribution is -2.28. The van der Waals surface area contributed by atoms with Crippen molar-refractivity contribution in [2.75, 3.05) is 19.8 Å². The highest BCUT2D eigenvalue weighted by molar-refractivity contribution is 5.79. The van der Waals surface area contributed by atoms with Crippen LogP contribution in [0.4, 0.5) is 0 Å². The van der Waals surface area contributed by atoms with Crippen LogP contribution < -0.4 is 0 Å². The van der Waals surface area contributed by atoms with Gasteiger partial charge in [0.15, 0.2) is 0 Å². The van der Waals surface area contributed by atoms with E-state index in [1.165, 1.54) is 0 Å². The molecule has 0 amide bonds. The van der Waals surface area contributed by atoms with Gasteiger partial charge in [0.1, 0.15) is 5.78 Å². The molecule has 0 aromatic heterocycles. The van der Waals surface area contributed by atoms with Gasteiger partial charge in [0.2, 0.25) is 0 Å². The first kappa shape index (κ1) is 25.9. The van der Waals surface area contributed by atoms with Gasteiger partial charge in [-0.2, -0.15) is 0 Å². The van der Waals surface area contributed by atoms with Crippen LogP contribution >= 0.6 is 0 Å². The Bertz CT molecular complexity index is 769. The molecule has 2 unspecified atom stereocenters. The zero-order chi connectivity index (χ0) is 23.1. The Balaban J connectivity index is 0.000000229. The molecule has 0 bridgehead atoms. The number of epoxide rings is 1. The van der Waals surface area contributed by atoms with E-state index in [0.29, 0.717) is 52.1 Å². The molecule has 0 spiro atoms. The molecule has 0 radical (unpaired) electrons. The van der Waals surface area contributed by atoms with Crippen LogP contribution in [0.3, 0.4) is 0 Å². The summed E-state index contributed by atoms with van der Waals surface area (Å²) in [5, 5.41) is 10.1. The summed E-state index contributed by atoms with van der Waals surface area (Å²) in [6, 6.07) is 20.0. The third-order valence-corrected chi connectivity index (χ3v) is 4.98. The maximum atomic E-state index is 11.1. The number of aliphatic hydroxyl groups is 1. The van der Waals surface area contributed by atoms with Crippen molar-refractivity contribution in [3.8, 4) is 0 Å². The molecule has 0 saturated carbocycles. The summed E-state index contributed by atoms with van der Waals surface area (Å²) in [4.78, 5) is 11.1. The van der Waals surface area contributed by atoms with Crippen LogP contribution in [0.5, 0.6) is 0 Å². The predicted octanol–water partition coefficient (Wildman–Crippen LogP) is 4.87. The minimum atomic E-state index is -0.669. The van der Waals surface area contributed by atoms with Crippen molar-refractivity contribution in [3.63, 3.8) is 0 Å². The van der Waals surface area contributed by atoms with E-state index in [-0.39, 0.29) is 11.9 Å². The molecule has 5 heteroatoms. The molecular formula is C27H36O5. The molecule has 2 aromatic carbocycles. The zero-order valence-corrected chi connectivity index (χ0v) is 19.1. The Morgan fingerprint density at radius 1 is 1.06 bits per heavy atom. The third kappa shape index (κ3) is 12.5. The number of hydrogen-bond acceptors (Lipinski definition) is 5. The summed E-state index contributed by atoms with van der Waals surface area (Å²) in [6.07, 6.45) is 4.16. The Hall–Kier alpha value is -2.31. The summed E-state index contributed by atoms with van der Waals surface area (Å²) in [6.45, 7) is 8.40. The predicted molar refractivity (Wildman–Crippen MR) is 126 cm³/mol. The number of Topliss-reactive ketones (excluding diaryl/α,β-unsaturated/α-hetero) is 1. The number of hydrogen-bond donors (Lipinski definition) is 1. The monoisotopic (exact) mass is 440 g/mol. The normalized spacial score (nSPS) is 16.4. The molecule has 3 rings (SSSR count). The third-order valence-electron chi connectivity index (χ3n) is 4.98. The van der Waals surface area contributed by atoms with Gasteiger partial charge in [0, 0.05) is 25.9 Å². The SMILES string of the molecule is C=CCC(=O)CCOCc1ccccc1.CC(O)(CCOCc1ccccc1)CC1CO1. The van der Waals surface area contributed by atoms with Gasteiger partial charge in [-0.05, 0) is 24.5 Å². The van der Waals surface area contributed by atoms with Crippen LogP contribution in [0.25, 0.3) is 0 Å². The fourth-order valence-electron chi connectivity index (χ4n) is 3.05. The number of benzene rings is 2. The quantitative estimate of drug-likeness (QED) is 0.258. The van der Waals surface area contributed by atoms with Crippen molar-refractivity contribution in [2.24, 2.45) is 0 Å². The molecule has 1 N–H and O–H groups in total. The van der Waals surface area contributed by atoms with Gasteiger partial charge < -0.3 is 19.3 Å². The van der Waals surface area contributed by atoms with Crippen molar-refractivity contribution in [1.29, 1.82) is 0 Å².